The van der Waals surface area contributed by atoms with Gasteiger partial charge >= 0.3 is 5.97 Å². The van der Waals surface area contributed by atoms with Crippen molar-refractivity contribution in [1.82, 2.24) is 4.90 Å². The van der Waals surface area contributed by atoms with Gasteiger partial charge in [0.05, 0.1) is 18.8 Å². The monoisotopic (exact) mass is 311 g/mol. The van der Waals surface area contributed by atoms with Gasteiger partial charge in [0.1, 0.15) is 0 Å². The number of ether oxygens (including phenoxy) is 1. The highest BCUT2D eigenvalue weighted by Crippen LogP contribution is 2.17. The Hall–Kier alpha value is -2.17. The summed E-state index contributed by atoms with van der Waals surface area (Å²) >= 11 is 0. The molecule has 1 aliphatic rings. The average molecular weight is 311 g/mol. The third-order valence-corrected chi connectivity index (χ3v) is 4.25. The molecule has 0 aromatic heterocycles. The molecule has 1 atom stereocenters. The molecule has 1 unspecified atom stereocenters. The second-order valence-corrected chi connectivity index (χ2v) is 5.89. The Labute approximate surface area is 136 Å². The maximum atomic E-state index is 10.9. The fraction of sp³-hybridized carbons (Fsp3) is 0.316. The van der Waals surface area contributed by atoms with E-state index in [0.717, 1.165) is 38.3 Å². The van der Waals surface area contributed by atoms with Crippen LogP contribution in [0.3, 0.4) is 0 Å². The Morgan fingerprint density at radius 3 is 2.52 bits per heavy atom. The lowest BCUT2D eigenvalue weighted by molar-refractivity contribution is -0.0112. The van der Waals surface area contributed by atoms with Gasteiger partial charge in [0.25, 0.3) is 0 Å². The number of rotatable bonds is 5. The molecule has 1 heterocycles. The summed E-state index contributed by atoms with van der Waals surface area (Å²) in [6.07, 6.45) is 0.966. The molecule has 23 heavy (non-hydrogen) atoms. The number of carboxylic acid groups (broad SMARTS) is 1. The Bertz CT molecular complexity index is 639. The quantitative estimate of drug-likeness (QED) is 0.922. The number of nitrogens with zero attached hydrogens (tertiary/aromatic N) is 1. The van der Waals surface area contributed by atoms with Gasteiger partial charge in [0.2, 0.25) is 0 Å². The maximum absolute atomic E-state index is 10.9. The van der Waals surface area contributed by atoms with Crippen molar-refractivity contribution in [3.05, 3.63) is 71.3 Å². The third kappa shape index (κ3) is 4.18. The Kier molecular flexibility index (Phi) is 5.05. The predicted molar refractivity (Wildman–Crippen MR) is 88.6 cm³/mol. The van der Waals surface area contributed by atoms with E-state index in [1.54, 1.807) is 12.1 Å². The molecule has 1 fully saturated rings. The number of aromatic carboxylic acids is 1. The Morgan fingerprint density at radius 1 is 1.09 bits per heavy atom. The minimum Gasteiger partial charge on any atom is -0.478 e. The molecule has 2 aromatic carbocycles. The van der Waals surface area contributed by atoms with Crippen LogP contribution < -0.4 is 0 Å². The highest BCUT2D eigenvalue weighted by molar-refractivity contribution is 5.87. The van der Waals surface area contributed by atoms with E-state index < -0.39 is 5.97 Å². The van der Waals surface area contributed by atoms with E-state index in [1.165, 1.54) is 5.56 Å². The van der Waals surface area contributed by atoms with Gasteiger partial charge in [-0.25, -0.2) is 4.79 Å². The van der Waals surface area contributed by atoms with Gasteiger partial charge in [-0.05, 0) is 29.7 Å². The fourth-order valence-electron chi connectivity index (χ4n) is 2.96. The lowest BCUT2D eigenvalue weighted by atomic mass is 10.0. The van der Waals surface area contributed by atoms with Gasteiger partial charge in [-0.3, -0.25) is 4.90 Å². The van der Waals surface area contributed by atoms with Crippen molar-refractivity contribution >= 4 is 5.97 Å². The topological polar surface area (TPSA) is 49.8 Å². The summed E-state index contributed by atoms with van der Waals surface area (Å²) in [5, 5.41) is 8.98. The molecular formula is C19H21NO3. The smallest absolute Gasteiger partial charge is 0.335 e. The van der Waals surface area contributed by atoms with Crippen molar-refractivity contribution in [1.29, 1.82) is 0 Å². The molecule has 0 amide bonds. The van der Waals surface area contributed by atoms with Crippen molar-refractivity contribution in [2.75, 3.05) is 19.8 Å². The molecule has 0 spiro atoms. The molecular weight excluding hydrogens is 290 g/mol. The highest BCUT2D eigenvalue weighted by atomic mass is 16.5. The van der Waals surface area contributed by atoms with Crippen LogP contribution in [-0.2, 0) is 17.7 Å². The molecule has 120 valence electrons. The van der Waals surface area contributed by atoms with Crippen LogP contribution in [0.15, 0.2) is 54.6 Å². The minimum atomic E-state index is -0.884. The minimum absolute atomic E-state index is 0.330. The summed E-state index contributed by atoms with van der Waals surface area (Å²) in [5.74, 6) is -0.884. The largest absolute Gasteiger partial charge is 0.478 e. The molecule has 3 rings (SSSR count). The zero-order valence-electron chi connectivity index (χ0n) is 13.0. The van der Waals surface area contributed by atoms with Crippen molar-refractivity contribution < 1.29 is 14.6 Å². The standard InChI is InChI=1S/C19H21NO3/c21-19(22)17-8-6-16(7-9-17)13-20-10-11-23-14-18(20)12-15-4-2-1-3-5-15/h1-9,18H,10-14H2,(H,21,22). The van der Waals surface area contributed by atoms with Gasteiger partial charge in [-0.15, -0.1) is 0 Å². The number of hydrogen-bond acceptors (Lipinski definition) is 3. The van der Waals surface area contributed by atoms with Crippen molar-refractivity contribution in [3.8, 4) is 0 Å². The normalized spacial score (nSPS) is 18.7. The van der Waals surface area contributed by atoms with Crippen LogP contribution in [0.1, 0.15) is 21.5 Å². The molecule has 0 radical (unpaired) electrons. The van der Waals surface area contributed by atoms with E-state index in [2.05, 4.69) is 29.2 Å². The summed E-state index contributed by atoms with van der Waals surface area (Å²) in [5.41, 5.74) is 2.78. The van der Waals surface area contributed by atoms with E-state index in [4.69, 9.17) is 9.84 Å². The second-order valence-electron chi connectivity index (χ2n) is 5.89. The zero-order chi connectivity index (χ0) is 16.1. The second kappa shape index (κ2) is 7.40. The van der Waals surface area contributed by atoms with Crippen LogP contribution in [-0.4, -0.2) is 41.8 Å². The fourth-order valence-corrected chi connectivity index (χ4v) is 2.96. The first-order valence-corrected chi connectivity index (χ1v) is 7.90. The molecule has 0 saturated carbocycles. The zero-order valence-corrected chi connectivity index (χ0v) is 13.0. The van der Waals surface area contributed by atoms with Crippen molar-refractivity contribution in [3.63, 3.8) is 0 Å². The molecule has 0 aliphatic carbocycles. The lowest BCUT2D eigenvalue weighted by Crippen LogP contribution is -2.46. The SMILES string of the molecule is O=C(O)c1ccc(CN2CCOCC2Cc2ccccc2)cc1. The van der Waals surface area contributed by atoms with Crippen LogP contribution in [0.2, 0.25) is 0 Å². The van der Waals surface area contributed by atoms with Crippen LogP contribution >= 0.6 is 0 Å². The van der Waals surface area contributed by atoms with E-state index >= 15 is 0 Å². The highest BCUT2D eigenvalue weighted by Gasteiger charge is 2.23. The summed E-state index contributed by atoms with van der Waals surface area (Å²) < 4.78 is 5.65. The first-order valence-electron chi connectivity index (χ1n) is 7.90. The summed E-state index contributed by atoms with van der Waals surface area (Å²) in [7, 11) is 0. The molecule has 2 aromatic rings. The number of carboxylic acids is 1. The lowest BCUT2D eigenvalue weighted by Gasteiger charge is -2.35. The third-order valence-electron chi connectivity index (χ3n) is 4.25. The average Bonchev–Trinajstić information content (AvgIpc) is 2.58. The van der Waals surface area contributed by atoms with Crippen LogP contribution in [0, 0.1) is 0 Å². The van der Waals surface area contributed by atoms with Gasteiger partial charge in [-0.2, -0.15) is 0 Å². The van der Waals surface area contributed by atoms with E-state index in [-0.39, 0.29) is 0 Å². The van der Waals surface area contributed by atoms with Crippen LogP contribution in [0.4, 0.5) is 0 Å². The molecule has 4 heteroatoms. The van der Waals surface area contributed by atoms with Crippen molar-refractivity contribution in [2.45, 2.75) is 19.0 Å². The molecule has 1 saturated heterocycles. The molecule has 1 aliphatic heterocycles. The summed E-state index contributed by atoms with van der Waals surface area (Å²) in [4.78, 5) is 13.4. The first kappa shape index (κ1) is 15.7. The van der Waals surface area contributed by atoms with Crippen LogP contribution in [0.25, 0.3) is 0 Å². The van der Waals surface area contributed by atoms with Crippen LogP contribution in [0.5, 0.6) is 0 Å². The van der Waals surface area contributed by atoms with Gasteiger partial charge in [-0.1, -0.05) is 42.5 Å². The maximum Gasteiger partial charge on any atom is 0.335 e. The predicted octanol–water partition coefficient (Wildman–Crippen LogP) is 2.83. The van der Waals surface area contributed by atoms with E-state index in [0.29, 0.717) is 11.6 Å². The first-order chi connectivity index (χ1) is 11.2. The number of benzene rings is 2. The molecule has 0 bridgehead atoms. The van der Waals surface area contributed by atoms with Gasteiger partial charge in [0, 0.05) is 19.1 Å². The Balaban J connectivity index is 1.67. The molecule has 1 N–H and O–H groups in total. The van der Waals surface area contributed by atoms with Gasteiger partial charge in [0.15, 0.2) is 0 Å². The molecule has 4 nitrogen and oxygen atoms in total. The number of carbonyl (C=O) groups is 1. The number of morpholine rings is 1. The Morgan fingerprint density at radius 2 is 1.83 bits per heavy atom. The van der Waals surface area contributed by atoms with E-state index in [9.17, 15) is 4.79 Å². The van der Waals surface area contributed by atoms with E-state index in [1.807, 2.05) is 18.2 Å². The van der Waals surface area contributed by atoms with Gasteiger partial charge < -0.3 is 9.84 Å². The number of hydrogen-bond donors (Lipinski definition) is 1. The van der Waals surface area contributed by atoms with Crippen molar-refractivity contribution in [2.24, 2.45) is 0 Å². The summed E-state index contributed by atoms with van der Waals surface area (Å²) in [6.45, 7) is 3.21. The summed E-state index contributed by atoms with van der Waals surface area (Å²) in [6, 6.07) is 17.9.